The van der Waals surface area contributed by atoms with Crippen LogP contribution in [-0.2, 0) is 0 Å². The summed E-state index contributed by atoms with van der Waals surface area (Å²) < 4.78 is 18.7. The standard InChI is InChI=1S/C27H24FN7O3/c1-35(2)27(37)32-20-11-17(13-29-14-20)16-3-9-23-22(12-16)25(34-33-23)26(36)31-19-6-10-24(30-15-19)38-21-7-4-18(28)5-8-21/h3-14,19H,15H2,1-2H3,(H,31,36)(H,32,37)(H,33,34). The molecule has 2 aromatic carbocycles. The zero-order valence-electron chi connectivity index (χ0n) is 20.6. The first-order valence-electron chi connectivity index (χ1n) is 11.7. The first kappa shape index (κ1) is 24.6. The van der Waals surface area contributed by atoms with Crippen molar-refractivity contribution < 1.29 is 18.7 Å². The predicted molar refractivity (Wildman–Crippen MR) is 142 cm³/mol. The van der Waals surface area contributed by atoms with Crippen molar-refractivity contribution in [1.29, 1.82) is 0 Å². The summed E-state index contributed by atoms with van der Waals surface area (Å²) in [7, 11) is 3.31. The lowest BCUT2D eigenvalue weighted by molar-refractivity contribution is 0.0941. The van der Waals surface area contributed by atoms with Gasteiger partial charge in [0.05, 0.1) is 30.0 Å². The summed E-state index contributed by atoms with van der Waals surface area (Å²) in [5.74, 6) is 0.135. The smallest absolute Gasteiger partial charge is 0.321 e. The van der Waals surface area contributed by atoms with Crippen LogP contribution in [0.15, 0.2) is 78.1 Å². The molecular formula is C27H24FN7O3. The molecule has 1 atom stereocenters. The number of rotatable bonds is 5. The average Bonchev–Trinajstić information content (AvgIpc) is 3.35. The van der Waals surface area contributed by atoms with Crippen molar-refractivity contribution in [1.82, 2.24) is 25.4 Å². The number of hydrogen-bond acceptors (Lipinski definition) is 6. The maximum Gasteiger partial charge on any atom is 0.321 e. The Balaban J connectivity index is 1.28. The third-order valence-corrected chi connectivity index (χ3v) is 5.77. The molecule has 4 aromatic rings. The number of pyridine rings is 1. The summed E-state index contributed by atoms with van der Waals surface area (Å²) in [4.78, 5) is 35.1. The maximum atomic E-state index is 13.1. The zero-order valence-corrected chi connectivity index (χ0v) is 20.6. The molecule has 0 fully saturated rings. The first-order valence-corrected chi connectivity index (χ1v) is 11.7. The van der Waals surface area contributed by atoms with Crippen LogP contribution in [0.1, 0.15) is 10.5 Å². The Kier molecular flexibility index (Phi) is 6.81. The number of anilines is 1. The fraction of sp³-hybridized carbons (Fsp3) is 0.148. The number of fused-ring (bicyclic) bond motifs is 1. The molecule has 5 rings (SSSR count). The van der Waals surface area contributed by atoms with Crippen LogP contribution in [0.3, 0.4) is 0 Å². The molecule has 3 N–H and O–H groups in total. The highest BCUT2D eigenvalue weighted by atomic mass is 19.1. The van der Waals surface area contributed by atoms with Crippen LogP contribution in [0.5, 0.6) is 5.75 Å². The van der Waals surface area contributed by atoms with Crippen LogP contribution in [0.25, 0.3) is 22.0 Å². The zero-order chi connectivity index (χ0) is 26.6. The largest absolute Gasteiger partial charge is 0.439 e. The Labute approximate surface area is 217 Å². The van der Waals surface area contributed by atoms with Gasteiger partial charge in [-0.1, -0.05) is 12.1 Å². The molecule has 0 radical (unpaired) electrons. The number of carbonyl (C=O) groups is 2. The third kappa shape index (κ3) is 5.51. The van der Waals surface area contributed by atoms with Crippen molar-refractivity contribution in [2.45, 2.75) is 6.04 Å². The average molecular weight is 514 g/mol. The number of aromatic amines is 1. The molecule has 10 nitrogen and oxygen atoms in total. The monoisotopic (exact) mass is 513 g/mol. The third-order valence-electron chi connectivity index (χ3n) is 5.77. The van der Waals surface area contributed by atoms with Crippen LogP contribution in [0.4, 0.5) is 14.9 Å². The number of dihydropyridines is 1. The van der Waals surface area contributed by atoms with Gasteiger partial charge in [-0.2, -0.15) is 5.10 Å². The van der Waals surface area contributed by atoms with E-state index in [0.29, 0.717) is 28.2 Å². The lowest BCUT2D eigenvalue weighted by Gasteiger charge is -2.17. The van der Waals surface area contributed by atoms with Crippen LogP contribution >= 0.6 is 0 Å². The van der Waals surface area contributed by atoms with Gasteiger partial charge in [0, 0.05) is 31.2 Å². The van der Waals surface area contributed by atoms with E-state index in [9.17, 15) is 14.0 Å². The fourth-order valence-electron chi connectivity index (χ4n) is 3.79. The number of benzene rings is 2. The number of aliphatic imine (C=N–C) groups is 1. The fourth-order valence-corrected chi connectivity index (χ4v) is 3.79. The highest BCUT2D eigenvalue weighted by Crippen LogP contribution is 2.27. The van der Waals surface area contributed by atoms with Crippen LogP contribution in [-0.4, -0.2) is 64.6 Å². The molecule has 1 unspecified atom stereocenters. The topological polar surface area (TPSA) is 125 Å². The highest BCUT2D eigenvalue weighted by molar-refractivity contribution is 6.06. The molecule has 0 saturated heterocycles. The number of amides is 3. The van der Waals surface area contributed by atoms with Crippen molar-refractivity contribution in [2.75, 3.05) is 26.0 Å². The van der Waals surface area contributed by atoms with Crippen molar-refractivity contribution in [3.8, 4) is 16.9 Å². The number of carbonyl (C=O) groups excluding carboxylic acids is 2. The molecule has 2 aromatic heterocycles. The highest BCUT2D eigenvalue weighted by Gasteiger charge is 2.20. The quantitative estimate of drug-likeness (QED) is 0.372. The Morgan fingerprint density at radius 2 is 1.89 bits per heavy atom. The SMILES string of the molecule is CN(C)C(=O)Nc1cncc(-c2ccc3[nH]nc(C(=O)NC4C=CC(Oc5ccc(F)cc5)=NC4)c3c2)c1. The molecule has 192 valence electrons. The summed E-state index contributed by atoms with van der Waals surface area (Å²) in [6, 6.07) is 12.4. The summed E-state index contributed by atoms with van der Waals surface area (Å²) in [6.45, 7) is 0.281. The molecule has 0 spiro atoms. The number of halogens is 1. The van der Waals surface area contributed by atoms with E-state index in [-0.39, 0.29) is 36.0 Å². The molecule has 3 amide bonds. The number of ether oxygens (including phenoxy) is 1. The lowest BCUT2D eigenvalue weighted by atomic mass is 10.0. The predicted octanol–water partition coefficient (Wildman–Crippen LogP) is 4.00. The summed E-state index contributed by atoms with van der Waals surface area (Å²) >= 11 is 0. The minimum atomic E-state index is -0.355. The van der Waals surface area contributed by atoms with Crippen molar-refractivity contribution in [2.24, 2.45) is 4.99 Å². The van der Waals surface area contributed by atoms with Gasteiger partial charge >= 0.3 is 6.03 Å². The van der Waals surface area contributed by atoms with E-state index >= 15 is 0 Å². The van der Waals surface area contributed by atoms with Crippen LogP contribution in [0.2, 0.25) is 0 Å². The number of H-pyrrole nitrogens is 1. The number of urea groups is 1. The molecule has 1 aliphatic heterocycles. The van der Waals surface area contributed by atoms with Crippen molar-refractivity contribution in [3.63, 3.8) is 0 Å². The van der Waals surface area contributed by atoms with E-state index in [1.807, 2.05) is 24.3 Å². The van der Waals surface area contributed by atoms with Gasteiger partial charge in [-0.15, -0.1) is 0 Å². The minimum absolute atomic E-state index is 0.248. The molecule has 11 heteroatoms. The van der Waals surface area contributed by atoms with E-state index in [4.69, 9.17) is 4.74 Å². The van der Waals surface area contributed by atoms with Crippen molar-refractivity contribution >= 4 is 34.4 Å². The lowest BCUT2D eigenvalue weighted by Crippen LogP contribution is -2.37. The summed E-state index contributed by atoms with van der Waals surface area (Å²) in [6.07, 6.45) is 6.69. The van der Waals surface area contributed by atoms with Crippen molar-refractivity contribution in [3.05, 3.63) is 84.6 Å². The van der Waals surface area contributed by atoms with E-state index in [0.717, 1.165) is 11.1 Å². The van der Waals surface area contributed by atoms with E-state index in [1.165, 1.54) is 29.2 Å². The minimum Gasteiger partial charge on any atom is -0.439 e. The van der Waals surface area contributed by atoms with Gasteiger partial charge in [0.1, 0.15) is 11.6 Å². The second-order valence-corrected chi connectivity index (χ2v) is 8.79. The van der Waals surface area contributed by atoms with Crippen LogP contribution < -0.4 is 15.4 Å². The Morgan fingerprint density at radius 1 is 1.08 bits per heavy atom. The normalized spacial score (nSPS) is 14.6. The Hall–Kier alpha value is -5.06. The van der Waals surface area contributed by atoms with Gasteiger partial charge in [-0.3, -0.25) is 14.9 Å². The molecular weight excluding hydrogens is 489 g/mol. The molecule has 0 bridgehead atoms. The van der Waals surface area contributed by atoms with Gasteiger partial charge in [0.25, 0.3) is 5.91 Å². The first-order chi connectivity index (χ1) is 18.4. The van der Waals surface area contributed by atoms with Gasteiger partial charge in [0.2, 0.25) is 5.90 Å². The number of hydrogen-bond donors (Lipinski definition) is 3. The van der Waals surface area contributed by atoms with Gasteiger partial charge in [0.15, 0.2) is 5.69 Å². The maximum absolute atomic E-state index is 13.1. The Morgan fingerprint density at radius 3 is 2.63 bits per heavy atom. The van der Waals surface area contributed by atoms with Gasteiger partial charge in [-0.05, 0) is 54.1 Å². The van der Waals surface area contributed by atoms with E-state index in [2.05, 4.69) is 30.8 Å². The second kappa shape index (κ2) is 10.5. The Bertz CT molecular complexity index is 1560. The second-order valence-electron chi connectivity index (χ2n) is 8.79. The number of nitrogens with one attached hydrogen (secondary N) is 3. The van der Waals surface area contributed by atoms with Crippen LogP contribution in [0, 0.1) is 5.82 Å². The molecule has 38 heavy (non-hydrogen) atoms. The molecule has 1 aliphatic rings. The van der Waals surface area contributed by atoms with E-state index < -0.39 is 0 Å². The van der Waals surface area contributed by atoms with Gasteiger partial charge in [-0.25, -0.2) is 14.2 Å². The number of nitrogens with zero attached hydrogens (tertiary/aromatic N) is 4. The molecule has 3 heterocycles. The molecule has 0 aliphatic carbocycles. The molecule has 0 saturated carbocycles. The van der Waals surface area contributed by atoms with Gasteiger partial charge < -0.3 is 20.3 Å². The summed E-state index contributed by atoms with van der Waals surface area (Å²) in [5, 5.41) is 13.5. The summed E-state index contributed by atoms with van der Waals surface area (Å²) in [5.41, 5.74) is 3.09. The number of aromatic nitrogens is 3. The van der Waals surface area contributed by atoms with E-state index in [1.54, 1.807) is 38.6 Å².